The van der Waals surface area contributed by atoms with Crippen molar-refractivity contribution >= 4 is 33.7 Å². The van der Waals surface area contributed by atoms with Gasteiger partial charge in [-0.1, -0.05) is 12.1 Å². The van der Waals surface area contributed by atoms with E-state index in [9.17, 15) is 17.6 Å². The van der Waals surface area contributed by atoms with Crippen LogP contribution in [-0.2, 0) is 16.4 Å². The van der Waals surface area contributed by atoms with E-state index in [4.69, 9.17) is 0 Å². The number of carbonyl (C=O) groups excluding carboxylic acids is 1. The Morgan fingerprint density at radius 3 is 2.37 bits per heavy atom. The average Bonchev–Trinajstić information content (AvgIpc) is 2.85. The summed E-state index contributed by atoms with van der Waals surface area (Å²) in [6.07, 6.45) is 4.77. The molecule has 0 unspecified atom stereocenters. The van der Waals surface area contributed by atoms with Crippen LogP contribution >= 0.6 is 0 Å². The van der Waals surface area contributed by atoms with Crippen LogP contribution in [-0.4, -0.2) is 57.6 Å². The molecular weight excluding hydrogens is 471 g/mol. The molecule has 0 bridgehead atoms. The summed E-state index contributed by atoms with van der Waals surface area (Å²) in [4.78, 5) is 25.5. The molecule has 0 aliphatic heterocycles. The van der Waals surface area contributed by atoms with E-state index < -0.39 is 21.6 Å². The first-order valence-corrected chi connectivity index (χ1v) is 11.9. The van der Waals surface area contributed by atoms with Crippen molar-refractivity contribution in [1.29, 1.82) is 0 Å². The van der Waals surface area contributed by atoms with Gasteiger partial charge in [0.15, 0.2) is 0 Å². The van der Waals surface area contributed by atoms with E-state index in [1.165, 1.54) is 43.5 Å². The number of anilines is 1. The van der Waals surface area contributed by atoms with Gasteiger partial charge >= 0.3 is 0 Å². The summed E-state index contributed by atoms with van der Waals surface area (Å²) in [5.74, 6) is -0.858. The van der Waals surface area contributed by atoms with Crippen LogP contribution in [0, 0.1) is 5.82 Å². The molecule has 2 aromatic carbocycles. The third kappa shape index (κ3) is 6.70. The lowest BCUT2D eigenvalue weighted by molar-refractivity contribution is 0.0827. The van der Waals surface area contributed by atoms with Gasteiger partial charge < -0.3 is 15.5 Å². The Morgan fingerprint density at radius 2 is 1.74 bits per heavy atom. The first-order chi connectivity index (χ1) is 16.7. The average molecular weight is 497 g/mol. The van der Waals surface area contributed by atoms with E-state index in [0.717, 1.165) is 23.4 Å². The normalized spacial score (nSPS) is 11.9. The smallest absolute Gasteiger partial charge is 0.253 e. The molecule has 1 aromatic heterocycles. The molecule has 0 saturated carbocycles. The first-order valence-electron chi connectivity index (χ1n) is 10.5. The van der Waals surface area contributed by atoms with E-state index in [0.29, 0.717) is 5.96 Å². The van der Waals surface area contributed by atoms with Gasteiger partial charge in [-0.2, -0.15) is 0 Å². The Hall–Kier alpha value is -4.12. The minimum Gasteiger partial charge on any atom is -0.345 e. The van der Waals surface area contributed by atoms with Crippen LogP contribution in [0.15, 0.2) is 86.8 Å². The number of sulfone groups is 1. The molecule has 35 heavy (non-hydrogen) atoms. The summed E-state index contributed by atoms with van der Waals surface area (Å²) in [5.41, 5.74) is 1.48. The first kappa shape index (κ1) is 25.5. The number of halogens is 1. The Labute approximate surface area is 203 Å². The zero-order chi connectivity index (χ0) is 25.4. The molecule has 11 heteroatoms. The third-order valence-corrected chi connectivity index (χ3v) is 6.51. The number of hydrogen-bond donors (Lipinski definition) is 2. The maximum atomic E-state index is 14.1. The van der Waals surface area contributed by atoms with Gasteiger partial charge in [0, 0.05) is 44.8 Å². The molecule has 1 heterocycles. The van der Waals surface area contributed by atoms with Gasteiger partial charge in [-0.05, 0) is 48.0 Å². The molecule has 3 aromatic rings. The highest BCUT2D eigenvalue weighted by Gasteiger charge is 2.21. The van der Waals surface area contributed by atoms with Crippen molar-refractivity contribution in [3.63, 3.8) is 0 Å². The van der Waals surface area contributed by atoms with Crippen LogP contribution in [0.3, 0.4) is 0 Å². The largest absolute Gasteiger partial charge is 0.345 e. The van der Waals surface area contributed by atoms with Crippen molar-refractivity contribution in [1.82, 2.24) is 15.2 Å². The number of rotatable bonds is 7. The summed E-state index contributed by atoms with van der Waals surface area (Å²) >= 11 is 0. The van der Waals surface area contributed by atoms with Gasteiger partial charge in [-0.3, -0.25) is 14.8 Å². The predicted octanol–water partition coefficient (Wildman–Crippen LogP) is 2.97. The summed E-state index contributed by atoms with van der Waals surface area (Å²) in [6.45, 7) is 0.250. The number of benzene rings is 2. The van der Waals surface area contributed by atoms with Crippen molar-refractivity contribution in [3.8, 4) is 0 Å². The summed E-state index contributed by atoms with van der Waals surface area (Å²) in [5, 5.41) is 6.05. The number of carbonyl (C=O) groups is 1. The van der Waals surface area contributed by atoms with Crippen LogP contribution < -0.4 is 10.6 Å². The molecule has 0 radical (unpaired) electrons. The lowest BCUT2D eigenvalue weighted by Crippen LogP contribution is -2.29. The second-order valence-corrected chi connectivity index (χ2v) is 9.53. The van der Waals surface area contributed by atoms with Crippen LogP contribution in [0.2, 0.25) is 0 Å². The molecular formula is C24H25FN6O3S. The SMILES string of the molecule is CN=CNC(=NCc1ccc(S(=O)(=O)c2cc(F)cc(C(=O)N(C)C)c2)cc1)Nc1ccncc1. The van der Waals surface area contributed by atoms with Crippen molar-refractivity contribution in [2.75, 3.05) is 26.5 Å². The quantitative estimate of drug-likeness (QED) is 0.384. The highest BCUT2D eigenvalue weighted by molar-refractivity contribution is 7.91. The molecule has 0 aliphatic rings. The summed E-state index contributed by atoms with van der Waals surface area (Å²) in [6, 6.07) is 12.8. The maximum absolute atomic E-state index is 14.1. The monoisotopic (exact) mass is 496 g/mol. The van der Waals surface area contributed by atoms with Gasteiger partial charge in [0.05, 0.1) is 22.7 Å². The lowest BCUT2D eigenvalue weighted by atomic mass is 10.2. The van der Waals surface area contributed by atoms with Crippen molar-refractivity contribution < 1.29 is 17.6 Å². The molecule has 9 nitrogen and oxygen atoms in total. The van der Waals surface area contributed by atoms with E-state index in [-0.39, 0.29) is 21.9 Å². The summed E-state index contributed by atoms with van der Waals surface area (Å²) in [7, 11) is 0.591. The number of hydrogen-bond acceptors (Lipinski definition) is 6. The fourth-order valence-electron chi connectivity index (χ4n) is 3.00. The second kappa shape index (κ2) is 11.3. The van der Waals surface area contributed by atoms with E-state index in [1.54, 1.807) is 43.7 Å². The van der Waals surface area contributed by atoms with Crippen LogP contribution in [0.4, 0.5) is 10.1 Å². The maximum Gasteiger partial charge on any atom is 0.253 e. The molecule has 182 valence electrons. The molecule has 0 fully saturated rings. The molecule has 0 saturated heterocycles. The minimum atomic E-state index is -4.04. The molecule has 0 aliphatic carbocycles. The highest BCUT2D eigenvalue weighted by atomic mass is 32.2. The lowest BCUT2D eigenvalue weighted by Gasteiger charge is -2.12. The van der Waals surface area contributed by atoms with Crippen molar-refractivity contribution in [3.05, 3.63) is 83.9 Å². The number of guanidine groups is 1. The van der Waals surface area contributed by atoms with Gasteiger partial charge in [0.2, 0.25) is 15.8 Å². The van der Waals surface area contributed by atoms with Gasteiger partial charge in [-0.15, -0.1) is 0 Å². The van der Waals surface area contributed by atoms with Crippen molar-refractivity contribution in [2.45, 2.75) is 16.3 Å². The number of amides is 1. The Morgan fingerprint density at radius 1 is 1.06 bits per heavy atom. The molecule has 2 N–H and O–H groups in total. The molecule has 3 rings (SSSR count). The Kier molecular flexibility index (Phi) is 8.26. The second-order valence-electron chi connectivity index (χ2n) is 7.58. The predicted molar refractivity (Wildman–Crippen MR) is 133 cm³/mol. The highest BCUT2D eigenvalue weighted by Crippen LogP contribution is 2.24. The zero-order valence-corrected chi connectivity index (χ0v) is 20.3. The van der Waals surface area contributed by atoms with Crippen molar-refractivity contribution in [2.24, 2.45) is 9.98 Å². The van der Waals surface area contributed by atoms with Crippen LogP contribution in [0.1, 0.15) is 15.9 Å². The Bertz CT molecular complexity index is 1340. The van der Waals surface area contributed by atoms with E-state index in [2.05, 4.69) is 25.6 Å². The number of nitrogens with zero attached hydrogens (tertiary/aromatic N) is 4. The number of pyridine rings is 1. The standard InChI is InChI=1S/C24H25FN6O3S/c1-26-16-29-24(30-20-8-10-27-11-9-20)28-15-17-4-6-21(7-5-17)35(33,34)22-13-18(12-19(25)14-22)23(32)31(2)3/h4-14,16H,15H2,1-3H3,(H2,26,27,28,29,30). The molecule has 1 amide bonds. The van der Waals surface area contributed by atoms with E-state index >= 15 is 0 Å². The number of aliphatic imine (C=N–C) groups is 2. The Balaban J connectivity index is 1.81. The third-order valence-electron chi connectivity index (χ3n) is 4.76. The van der Waals surface area contributed by atoms with Crippen LogP contribution in [0.25, 0.3) is 0 Å². The number of nitrogens with one attached hydrogen (secondary N) is 2. The van der Waals surface area contributed by atoms with Gasteiger partial charge in [0.1, 0.15) is 5.82 Å². The fraction of sp³-hybridized carbons (Fsp3) is 0.167. The van der Waals surface area contributed by atoms with Gasteiger partial charge in [0.25, 0.3) is 5.91 Å². The zero-order valence-electron chi connectivity index (χ0n) is 19.4. The molecule has 0 atom stereocenters. The fourth-order valence-corrected chi connectivity index (χ4v) is 4.32. The van der Waals surface area contributed by atoms with Crippen LogP contribution in [0.5, 0.6) is 0 Å². The molecule has 0 spiro atoms. The number of aromatic nitrogens is 1. The minimum absolute atomic E-state index is 0.0227. The summed E-state index contributed by atoms with van der Waals surface area (Å²) < 4.78 is 40.2. The van der Waals surface area contributed by atoms with E-state index in [1.807, 2.05) is 0 Å². The van der Waals surface area contributed by atoms with Gasteiger partial charge in [-0.25, -0.2) is 17.8 Å². The topological polar surface area (TPSA) is 116 Å².